The second-order valence-corrected chi connectivity index (χ2v) is 5.45. The fraction of sp³-hybridized carbons (Fsp3) is 0.333. The third-order valence-corrected chi connectivity index (χ3v) is 3.50. The summed E-state index contributed by atoms with van der Waals surface area (Å²) in [4.78, 5) is 0. The van der Waals surface area contributed by atoms with Crippen LogP contribution < -0.4 is 5.32 Å². The Hall–Kier alpha value is -1.64. The average Bonchev–Trinajstić information content (AvgIpc) is 2.48. The van der Waals surface area contributed by atoms with Crippen LogP contribution in [0, 0.1) is 0 Å². The van der Waals surface area contributed by atoms with Crippen LogP contribution in [0.3, 0.4) is 0 Å². The number of hydrogen-bond acceptors (Lipinski definition) is 2. The van der Waals surface area contributed by atoms with Crippen LogP contribution in [0.1, 0.15) is 42.6 Å². The number of aliphatic hydroxyl groups excluding tert-OH is 1. The van der Waals surface area contributed by atoms with Gasteiger partial charge in [-0.05, 0) is 22.6 Å². The molecule has 1 atom stereocenters. The summed E-state index contributed by atoms with van der Waals surface area (Å²) in [5, 5.41) is 13.4. The Bertz CT molecular complexity index is 505. The maximum absolute atomic E-state index is 10.1. The molecule has 2 rings (SSSR count). The van der Waals surface area contributed by atoms with Gasteiger partial charge in [-0.1, -0.05) is 68.4 Å². The van der Waals surface area contributed by atoms with Gasteiger partial charge < -0.3 is 10.4 Å². The summed E-state index contributed by atoms with van der Waals surface area (Å²) in [6.07, 6.45) is -0.453. The van der Waals surface area contributed by atoms with E-state index in [1.54, 1.807) is 0 Å². The smallest absolute Gasteiger partial charge is 0.0914 e. The Balaban J connectivity index is 1.81. The largest absolute Gasteiger partial charge is 0.387 e. The fourth-order valence-corrected chi connectivity index (χ4v) is 2.17. The van der Waals surface area contributed by atoms with Crippen LogP contribution in [0.5, 0.6) is 0 Å². The van der Waals surface area contributed by atoms with Gasteiger partial charge in [0.2, 0.25) is 0 Å². The predicted molar refractivity (Wildman–Crippen MR) is 83.6 cm³/mol. The van der Waals surface area contributed by atoms with Gasteiger partial charge in [-0.15, -0.1) is 0 Å². The van der Waals surface area contributed by atoms with Gasteiger partial charge in [0, 0.05) is 13.1 Å². The van der Waals surface area contributed by atoms with Crippen LogP contribution in [0.2, 0.25) is 0 Å². The molecule has 0 fully saturated rings. The topological polar surface area (TPSA) is 32.3 Å². The van der Waals surface area contributed by atoms with Crippen molar-refractivity contribution in [2.24, 2.45) is 0 Å². The lowest BCUT2D eigenvalue weighted by atomic mass is 10.0. The third kappa shape index (κ3) is 4.19. The highest BCUT2D eigenvalue weighted by Crippen LogP contribution is 2.15. The maximum Gasteiger partial charge on any atom is 0.0914 e. The van der Waals surface area contributed by atoms with E-state index in [0.29, 0.717) is 12.5 Å². The zero-order chi connectivity index (χ0) is 14.4. The van der Waals surface area contributed by atoms with Crippen LogP contribution in [-0.4, -0.2) is 11.7 Å². The summed E-state index contributed by atoms with van der Waals surface area (Å²) in [5.74, 6) is 0.567. The second-order valence-electron chi connectivity index (χ2n) is 5.45. The van der Waals surface area contributed by atoms with Crippen LogP contribution in [-0.2, 0) is 6.54 Å². The minimum atomic E-state index is -0.453. The molecular weight excluding hydrogens is 246 g/mol. The molecule has 0 amide bonds. The van der Waals surface area contributed by atoms with E-state index in [4.69, 9.17) is 0 Å². The molecule has 2 aromatic rings. The van der Waals surface area contributed by atoms with Crippen molar-refractivity contribution < 1.29 is 5.11 Å². The first-order chi connectivity index (χ1) is 9.66. The number of aliphatic hydroxyl groups is 1. The van der Waals surface area contributed by atoms with Gasteiger partial charge in [-0.2, -0.15) is 0 Å². The Morgan fingerprint density at radius 1 is 0.900 bits per heavy atom. The van der Waals surface area contributed by atoms with Crippen LogP contribution in [0.25, 0.3) is 0 Å². The molecule has 2 aromatic carbocycles. The highest BCUT2D eigenvalue weighted by molar-refractivity contribution is 5.24. The lowest BCUT2D eigenvalue weighted by Gasteiger charge is -2.12. The molecule has 20 heavy (non-hydrogen) atoms. The molecule has 0 saturated heterocycles. The van der Waals surface area contributed by atoms with Crippen LogP contribution in [0.15, 0.2) is 54.6 Å². The van der Waals surface area contributed by atoms with Gasteiger partial charge in [0.1, 0.15) is 0 Å². The Morgan fingerprint density at radius 2 is 1.55 bits per heavy atom. The SMILES string of the molecule is CC(C)c1ccc(CNCC(O)c2ccccc2)cc1. The van der Waals surface area contributed by atoms with Gasteiger partial charge in [-0.25, -0.2) is 0 Å². The van der Waals surface area contributed by atoms with Crippen molar-refractivity contribution in [1.29, 1.82) is 0 Å². The molecule has 0 aliphatic heterocycles. The van der Waals surface area contributed by atoms with Gasteiger partial charge >= 0.3 is 0 Å². The molecule has 2 heteroatoms. The number of rotatable bonds is 6. The third-order valence-electron chi connectivity index (χ3n) is 3.50. The van der Waals surface area contributed by atoms with E-state index in [2.05, 4.69) is 43.4 Å². The summed E-state index contributed by atoms with van der Waals surface area (Å²) in [5.41, 5.74) is 3.56. The second kappa shape index (κ2) is 7.22. The van der Waals surface area contributed by atoms with Gasteiger partial charge in [0.25, 0.3) is 0 Å². The quantitative estimate of drug-likeness (QED) is 0.839. The van der Waals surface area contributed by atoms with Gasteiger partial charge in [-0.3, -0.25) is 0 Å². The van der Waals surface area contributed by atoms with Gasteiger partial charge in [0.15, 0.2) is 0 Å². The first-order valence-electron chi connectivity index (χ1n) is 7.19. The average molecular weight is 269 g/mol. The van der Waals surface area contributed by atoms with Crippen molar-refractivity contribution in [3.8, 4) is 0 Å². The monoisotopic (exact) mass is 269 g/mol. The van der Waals surface area contributed by atoms with E-state index in [1.165, 1.54) is 11.1 Å². The predicted octanol–water partition coefficient (Wildman–Crippen LogP) is 3.63. The fourth-order valence-electron chi connectivity index (χ4n) is 2.17. The molecule has 0 spiro atoms. The number of nitrogens with one attached hydrogen (secondary N) is 1. The van der Waals surface area contributed by atoms with Crippen molar-refractivity contribution in [2.75, 3.05) is 6.54 Å². The van der Waals surface area contributed by atoms with Crippen molar-refractivity contribution in [3.05, 3.63) is 71.3 Å². The first-order valence-corrected chi connectivity index (χ1v) is 7.19. The standard InChI is InChI=1S/C18H23NO/c1-14(2)16-10-8-15(9-11-16)12-19-13-18(20)17-6-4-3-5-7-17/h3-11,14,18-20H,12-13H2,1-2H3. The van der Waals surface area contributed by atoms with Crippen LogP contribution in [0.4, 0.5) is 0 Å². The molecule has 0 bridgehead atoms. The highest BCUT2D eigenvalue weighted by atomic mass is 16.3. The molecule has 2 N–H and O–H groups in total. The molecule has 0 aromatic heterocycles. The van der Waals surface area contributed by atoms with Crippen molar-refractivity contribution in [3.63, 3.8) is 0 Å². The van der Waals surface area contributed by atoms with E-state index in [9.17, 15) is 5.11 Å². The molecule has 0 aliphatic carbocycles. The molecule has 1 unspecified atom stereocenters. The van der Waals surface area contributed by atoms with Crippen molar-refractivity contribution >= 4 is 0 Å². The molecule has 0 radical (unpaired) electrons. The van der Waals surface area contributed by atoms with Crippen molar-refractivity contribution in [1.82, 2.24) is 5.32 Å². The Morgan fingerprint density at radius 3 is 2.15 bits per heavy atom. The summed E-state index contributed by atoms with van der Waals surface area (Å²) in [6, 6.07) is 18.4. The van der Waals surface area contributed by atoms with E-state index in [-0.39, 0.29) is 0 Å². The summed E-state index contributed by atoms with van der Waals surface area (Å²) >= 11 is 0. The zero-order valence-corrected chi connectivity index (χ0v) is 12.2. The molecule has 0 heterocycles. The molecule has 106 valence electrons. The number of benzene rings is 2. The molecular formula is C18H23NO. The maximum atomic E-state index is 10.1. The van der Waals surface area contributed by atoms with E-state index in [1.807, 2.05) is 30.3 Å². The van der Waals surface area contributed by atoms with Gasteiger partial charge in [0.05, 0.1) is 6.10 Å². The lowest BCUT2D eigenvalue weighted by molar-refractivity contribution is 0.174. The highest BCUT2D eigenvalue weighted by Gasteiger charge is 2.06. The number of hydrogen-bond donors (Lipinski definition) is 2. The minimum absolute atomic E-state index is 0.453. The minimum Gasteiger partial charge on any atom is -0.387 e. The summed E-state index contributed by atoms with van der Waals surface area (Å²) in [7, 11) is 0. The summed E-state index contributed by atoms with van der Waals surface area (Å²) < 4.78 is 0. The first kappa shape index (κ1) is 14.8. The zero-order valence-electron chi connectivity index (χ0n) is 12.2. The van der Waals surface area contributed by atoms with E-state index in [0.717, 1.165) is 12.1 Å². The van der Waals surface area contributed by atoms with E-state index < -0.39 is 6.10 Å². The molecule has 0 saturated carbocycles. The lowest BCUT2D eigenvalue weighted by Crippen LogP contribution is -2.21. The van der Waals surface area contributed by atoms with Crippen molar-refractivity contribution in [2.45, 2.75) is 32.4 Å². The molecule has 0 aliphatic rings. The Labute approximate surface area is 121 Å². The Kier molecular flexibility index (Phi) is 5.33. The van der Waals surface area contributed by atoms with Crippen LogP contribution >= 0.6 is 0 Å². The van der Waals surface area contributed by atoms with E-state index >= 15 is 0 Å². The molecule has 2 nitrogen and oxygen atoms in total. The normalized spacial score (nSPS) is 12.6. The summed E-state index contributed by atoms with van der Waals surface area (Å²) in [6.45, 7) is 5.74.